The molecule has 0 unspecified atom stereocenters. The Morgan fingerprint density at radius 1 is 1.12 bits per heavy atom. The quantitative estimate of drug-likeness (QED) is 0.681. The average Bonchev–Trinajstić information content (AvgIpc) is 3.01. The van der Waals surface area contributed by atoms with Gasteiger partial charge in [-0.3, -0.25) is 9.56 Å². The third-order valence-electron chi connectivity index (χ3n) is 4.10. The zero-order valence-electron chi connectivity index (χ0n) is 14.0. The number of rotatable bonds is 3. The highest BCUT2D eigenvalue weighted by Gasteiger charge is 2.27. The van der Waals surface area contributed by atoms with E-state index in [0.29, 0.717) is 28.4 Å². The highest BCUT2D eigenvalue weighted by Crippen LogP contribution is 2.26. The number of aromatic nitrogens is 3. The summed E-state index contributed by atoms with van der Waals surface area (Å²) in [5.41, 5.74) is 2.27. The van der Waals surface area contributed by atoms with Gasteiger partial charge in [0.2, 0.25) is 5.82 Å². The molecule has 0 amide bonds. The van der Waals surface area contributed by atoms with Gasteiger partial charge < -0.3 is 4.74 Å². The molecule has 1 aliphatic rings. The van der Waals surface area contributed by atoms with Crippen LogP contribution in [-0.4, -0.2) is 33.1 Å². The first-order chi connectivity index (χ1) is 12.7. The summed E-state index contributed by atoms with van der Waals surface area (Å²) in [5.74, 6) is -0.342. The number of aliphatic imine (C=N–C) groups is 1. The van der Waals surface area contributed by atoms with Crippen LogP contribution in [0.3, 0.4) is 0 Å². The normalized spacial score (nSPS) is 12.6. The van der Waals surface area contributed by atoms with E-state index in [-0.39, 0.29) is 24.8 Å². The molecule has 0 N–H and O–H groups in total. The fourth-order valence-corrected chi connectivity index (χ4v) is 2.99. The van der Waals surface area contributed by atoms with E-state index in [1.807, 2.05) is 24.3 Å². The van der Waals surface area contributed by atoms with Crippen LogP contribution in [0, 0.1) is 5.82 Å². The molecule has 0 saturated carbocycles. The average molecular weight is 350 g/mol. The monoisotopic (exact) mass is 350 g/mol. The van der Waals surface area contributed by atoms with Gasteiger partial charge in [0.1, 0.15) is 12.4 Å². The minimum atomic E-state index is -0.560. The van der Waals surface area contributed by atoms with Crippen LogP contribution >= 0.6 is 0 Å². The highest BCUT2D eigenvalue weighted by atomic mass is 19.1. The van der Waals surface area contributed by atoms with Gasteiger partial charge in [0.25, 0.3) is 0 Å². The summed E-state index contributed by atoms with van der Waals surface area (Å²) in [7, 11) is 0. The standard InChI is InChI=1S/C19H15FN4O2/c1-2-26-19(25)18-23-22-16-11-21-17(12-7-3-5-9-14(12)20)13-8-4-6-10-15(13)24(16)18/h3-10H,2,11H2,1H3. The zero-order valence-corrected chi connectivity index (χ0v) is 14.0. The molecule has 1 aliphatic heterocycles. The number of esters is 1. The molecular weight excluding hydrogens is 335 g/mol. The lowest BCUT2D eigenvalue weighted by Crippen LogP contribution is -2.15. The molecule has 0 atom stereocenters. The molecule has 0 bridgehead atoms. The van der Waals surface area contributed by atoms with Crippen molar-refractivity contribution in [2.45, 2.75) is 13.5 Å². The van der Waals surface area contributed by atoms with Gasteiger partial charge in [0, 0.05) is 11.1 Å². The number of para-hydroxylation sites is 1. The number of carbonyl (C=O) groups excluding carboxylic acids is 1. The van der Waals surface area contributed by atoms with E-state index < -0.39 is 5.97 Å². The lowest BCUT2D eigenvalue weighted by atomic mass is 10.00. The van der Waals surface area contributed by atoms with Gasteiger partial charge in [-0.05, 0) is 25.1 Å². The first kappa shape index (κ1) is 16.1. The van der Waals surface area contributed by atoms with Crippen molar-refractivity contribution in [1.82, 2.24) is 14.8 Å². The van der Waals surface area contributed by atoms with Crippen LogP contribution in [-0.2, 0) is 11.3 Å². The van der Waals surface area contributed by atoms with Gasteiger partial charge in [-0.25, -0.2) is 9.18 Å². The molecule has 0 fully saturated rings. The Morgan fingerprint density at radius 3 is 2.62 bits per heavy atom. The molecule has 2 aromatic carbocycles. The van der Waals surface area contributed by atoms with Gasteiger partial charge >= 0.3 is 5.97 Å². The molecule has 6 nitrogen and oxygen atoms in total. The molecule has 0 spiro atoms. The largest absolute Gasteiger partial charge is 0.460 e. The van der Waals surface area contributed by atoms with Crippen LogP contribution in [0.25, 0.3) is 5.69 Å². The van der Waals surface area contributed by atoms with Gasteiger partial charge in [-0.2, -0.15) is 0 Å². The number of hydrogen-bond donors (Lipinski definition) is 0. The second kappa shape index (κ2) is 6.51. The van der Waals surface area contributed by atoms with Crippen molar-refractivity contribution in [3.05, 3.63) is 77.1 Å². The van der Waals surface area contributed by atoms with Crippen molar-refractivity contribution in [3.63, 3.8) is 0 Å². The van der Waals surface area contributed by atoms with E-state index in [1.54, 1.807) is 29.7 Å². The topological polar surface area (TPSA) is 69.4 Å². The summed E-state index contributed by atoms with van der Waals surface area (Å²) in [6.45, 7) is 2.13. The van der Waals surface area contributed by atoms with E-state index in [0.717, 1.165) is 0 Å². The molecule has 2 heterocycles. The van der Waals surface area contributed by atoms with E-state index >= 15 is 0 Å². The number of nitrogens with zero attached hydrogens (tertiary/aromatic N) is 4. The van der Waals surface area contributed by atoms with Crippen LogP contribution in [0.2, 0.25) is 0 Å². The molecule has 0 radical (unpaired) electrons. The molecule has 7 heteroatoms. The third kappa shape index (κ3) is 2.57. The fourth-order valence-electron chi connectivity index (χ4n) is 2.99. The van der Waals surface area contributed by atoms with E-state index in [9.17, 15) is 9.18 Å². The number of fused-ring (bicyclic) bond motifs is 3. The van der Waals surface area contributed by atoms with Crippen LogP contribution in [0.5, 0.6) is 0 Å². The Bertz CT molecular complexity index is 1030. The summed E-state index contributed by atoms with van der Waals surface area (Å²) in [4.78, 5) is 16.8. The van der Waals surface area contributed by atoms with Crippen LogP contribution in [0.1, 0.15) is 34.5 Å². The van der Waals surface area contributed by atoms with Crippen LogP contribution in [0.15, 0.2) is 53.5 Å². The second-order valence-electron chi connectivity index (χ2n) is 5.66. The van der Waals surface area contributed by atoms with Crippen molar-refractivity contribution in [2.75, 3.05) is 6.61 Å². The Morgan fingerprint density at radius 2 is 1.85 bits per heavy atom. The number of carbonyl (C=O) groups is 1. The Hall–Kier alpha value is -3.35. The molecule has 4 rings (SSSR count). The lowest BCUT2D eigenvalue weighted by Gasteiger charge is -2.13. The number of ether oxygens (including phenoxy) is 1. The first-order valence-electron chi connectivity index (χ1n) is 8.21. The van der Waals surface area contributed by atoms with Crippen molar-refractivity contribution >= 4 is 11.7 Å². The minimum Gasteiger partial charge on any atom is -0.460 e. The fraction of sp³-hybridized carbons (Fsp3) is 0.158. The van der Waals surface area contributed by atoms with Crippen LogP contribution in [0.4, 0.5) is 4.39 Å². The lowest BCUT2D eigenvalue weighted by molar-refractivity contribution is 0.0509. The molecule has 3 aromatic rings. The highest BCUT2D eigenvalue weighted by molar-refractivity contribution is 6.15. The number of benzene rings is 2. The Labute approximate surface area is 149 Å². The van der Waals surface area contributed by atoms with E-state index in [2.05, 4.69) is 15.2 Å². The van der Waals surface area contributed by atoms with Gasteiger partial charge in [-0.15, -0.1) is 10.2 Å². The smallest absolute Gasteiger partial charge is 0.376 e. The summed E-state index contributed by atoms with van der Waals surface area (Å²) < 4.78 is 21.1. The predicted octanol–water partition coefficient (Wildman–Crippen LogP) is 2.93. The second-order valence-corrected chi connectivity index (χ2v) is 5.66. The van der Waals surface area contributed by atoms with Crippen molar-refractivity contribution in [3.8, 4) is 5.69 Å². The van der Waals surface area contributed by atoms with Gasteiger partial charge in [-0.1, -0.05) is 30.3 Å². The molecule has 1 aromatic heterocycles. The number of hydrogen-bond acceptors (Lipinski definition) is 5. The third-order valence-corrected chi connectivity index (χ3v) is 4.10. The van der Waals surface area contributed by atoms with Crippen molar-refractivity contribution < 1.29 is 13.9 Å². The summed E-state index contributed by atoms with van der Waals surface area (Å²) in [6.07, 6.45) is 0. The SMILES string of the molecule is CCOC(=O)c1nnc2n1-c1ccccc1C(c1ccccc1F)=NC2. The molecule has 0 saturated heterocycles. The zero-order chi connectivity index (χ0) is 18.1. The summed E-state index contributed by atoms with van der Waals surface area (Å²) >= 11 is 0. The molecular formula is C19H15FN4O2. The summed E-state index contributed by atoms with van der Waals surface area (Å²) in [5, 5.41) is 8.05. The maximum Gasteiger partial charge on any atom is 0.376 e. The first-order valence-corrected chi connectivity index (χ1v) is 8.21. The van der Waals surface area contributed by atoms with Crippen LogP contribution < -0.4 is 0 Å². The van der Waals surface area contributed by atoms with Crippen molar-refractivity contribution in [1.29, 1.82) is 0 Å². The van der Waals surface area contributed by atoms with Crippen molar-refractivity contribution in [2.24, 2.45) is 4.99 Å². The van der Waals surface area contributed by atoms with Gasteiger partial charge in [0.05, 0.1) is 18.0 Å². The molecule has 26 heavy (non-hydrogen) atoms. The molecule has 0 aliphatic carbocycles. The Balaban J connectivity index is 1.93. The van der Waals surface area contributed by atoms with E-state index in [4.69, 9.17) is 4.74 Å². The summed E-state index contributed by atoms with van der Waals surface area (Å²) in [6, 6.07) is 13.8. The maximum atomic E-state index is 14.4. The minimum absolute atomic E-state index is 0.0827. The molecule has 130 valence electrons. The Kier molecular flexibility index (Phi) is 4.04. The number of halogens is 1. The van der Waals surface area contributed by atoms with E-state index in [1.165, 1.54) is 6.07 Å². The van der Waals surface area contributed by atoms with Gasteiger partial charge in [0.15, 0.2) is 5.82 Å². The maximum absolute atomic E-state index is 14.4. The predicted molar refractivity (Wildman–Crippen MR) is 93.1 cm³/mol.